The van der Waals surface area contributed by atoms with Crippen molar-refractivity contribution < 1.29 is 17.7 Å². The average Bonchev–Trinajstić information content (AvgIpc) is 2.67. The molecular weight excluding hydrogens is 387 g/mol. The predicted octanol–water partition coefficient (Wildman–Crippen LogP) is 3.67. The molecule has 0 bridgehead atoms. The minimum Gasteiger partial charge on any atom is -0.279 e. The van der Waals surface area contributed by atoms with Crippen molar-refractivity contribution in [2.24, 2.45) is 0 Å². The summed E-state index contributed by atoms with van der Waals surface area (Å²) in [5, 5.41) is 10.7. The molecule has 1 aromatic heterocycles. The fraction of sp³-hybridized carbons (Fsp3) is 0.0909. The SMILES string of the molecule is Cc1sc(Br)cc1S(=O)(=O)Nc1cc(F)cc([N+](=O)[O-])c1. The number of aryl methyl sites for hydroxylation is 1. The highest BCUT2D eigenvalue weighted by atomic mass is 79.9. The molecule has 0 atom stereocenters. The van der Waals surface area contributed by atoms with Crippen molar-refractivity contribution in [2.75, 3.05) is 4.72 Å². The number of nitrogens with one attached hydrogen (secondary N) is 1. The number of halogens is 2. The molecule has 0 aliphatic carbocycles. The Balaban J connectivity index is 2.41. The quantitative estimate of drug-likeness (QED) is 0.632. The van der Waals surface area contributed by atoms with E-state index in [4.69, 9.17) is 0 Å². The Labute approximate surface area is 131 Å². The van der Waals surface area contributed by atoms with Crippen LogP contribution in [0.15, 0.2) is 32.9 Å². The molecular formula is C11H8BrFN2O4S2. The first-order chi connectivity index (χ1) is 9.69. The van der Waals surface area contributed by atoms with Crippen LogP contribution in [-0.2, 0) is 10.0 Å². The zero-order valence-electron chi connectivity index (χ0n) is 10.5. The normalized spacial score (nSPS) is 11.4. The second kappa shape index (κ2) is 5.70. The number of nitrogens with zero attached hydrogens (tertiary/aromatic N) is 1. The molecule has 6 nitrogen and oxygen atoms in total. The number of sulfonamides is 1. The third-order valence-electron chi connectivity index (χ3n) is 2.48. The lowest BCUT2D eigenvalue weighted by Gasteiger charge is -2.07. The van der Waals surface area contributed by atoms with Crippen LogP contribution in [0.5, 0.6) is 0 Å². The summed E-state index contributed by atoms with van der Waals surface area (Å²) in [5.74, 6) is -0.898. The molecule has 1 N–H and O–H groups in total. The molecule has 1 aromatic carbocycles. The first kappa shape index (κ1) is 15.9. The summed E-state index contributed by atoms with van der Waals surface area (Å²) in [5.41, 5.74) is -0.737. The van der Waals surface area contributed by atoms with Crippen molar-refractivity contribution in [3.63, 3.8) is 0 Å². The van der Waals surface area contributed by atoms with Crippen LogP contribution in [0.2, 0.25) is 0 Å². The lowest BCUT2D eigenvalue weighted by molar-refractivity contribution is -0.385. The van der Waals surface area contributed by atoms with Gasteiger partial charge in [0.25, 0.3) is 15.7 Å². The molecule has 0 spiro atoms. The van der Waals surface area contributed by atoms with Crippen LogP contribution in [-0.4, -0.2) is 13.3 Å². The fourth-order valence-corrected chi connectivity index (χ4v) is 5.10. The molecule has 0 aliphatic heterocycles. The van der Waals surface area contributed by atoms with Crippen molar-refractivity contribution in [1.29, 1.82) is 0 Å². The zero-order valence-corrected chi connectivity index (χ0v) is 13.7. The minimum absolute atomic E-state index is 0.0336. The number of benzene rings is 1. The van der Waals surface area contributed by atoms with E-state index in [0.717, 1.165) is 12.1 Å². The highest BCUT2D eigenvalue weighted by Gasteiger charge is 2.21. The van der Waals surface area contributed by atoms with E-state index in [0.29, 0.717) is 14.7 Å². The van der Waals surface area contributed by atoms with Crippen LogP contribution in [0.4, 0.5) is 15.8 Å². The maximum atomic E-state index is 13.3. The molecule has 0 unspecified atom stereocenters. The lowest BCUT2D eigenvalue weighted by atomic mass is 10.3. The molecule has 1 heterocycles. The summed E-state index contributed by atoms with van der Waals surface area (Å²) in [6.45, 7) is 1.62. The second-order valence-corrected chi connectivity index (χ2v) is 8.32. The van der Waals surface area contributed by atoms with E-state index in [1.165, 1.54) is 17.4 Å². The molecule has 21 heavy (non-hydrogen) atoms. The Morgan fingerprint density at radius 2 is 2.00 bits per heavy atom. The van der Waals surface area contributed by atoms with Gasteiger partial charge in [-0.05, 0) is 35.0 Å². The van der Waals surface area contributed by atoms with Crippen molar-refractivity contribution in [3.05, 3.63) is 48.9 Å². The topological polar surface area (TPSA) is 89.3 Å². The maximum absolute atomic E-state index is 13.3. The molecule has 10 heteroatoms. The third kappa shape index (κ3) is 3.57. The van der Waals surface area contributed by atoms with Gasteiger partial charge in [-0.1, -0.05) is 0 Å². The number of anilines is 1. The molecule has 2 aromatic rings. The molecule has 0 amide bonds. The smallest absolute Gasteiger partial charge is 0.274 e. The molecule has 0 saturated heterocycles. The standard InChI is InChI=1S/C11H8BrFN2O4S2/c1-6-10(5-11(12)20-6)21(18,19)14-8-2-7(13)3-9(4-8)15(16)17/h2-5,14H,1H3. The summed E-state index contributed by atoms with van der Waals surface area (Å²) in [6.07, 6.45) is 0. The summed E-state index contributed by atoms with van der Waals surface area (Å²) >= 11 is 4.41. The van der Waals surface area contributed by atoms with Gasteiger partial charge in [-0.15, -0.1) is 11.3 Å². The molecule has 0 saturated carbocycles. The Morgan fingerprint density at radius 3 is 2.52 bits per heavy atom. The third-order valence-corrected chi connectivity index (χ3v) is 5.67. The van der Waals surface area contributed by atoms with Gasteiger partial charge in [-0.3, -0.25) is 14.8 Å². The zero-order chi connectivity index (χ0) is 15.8. The van der Waals surface area contributed by atoms with Gasteiger partial charge in [0.2, 0.25) is 0 Å². The summed E-state index contributed by atoms with van der Waals surface area (Å²) in [4.78, 5) is 10.4. The van der Waals surface area contributed by atoms with Gasteiger partial charge >= 0.3 is 0 Å². The lowest BCUT2D eigenvalue weighted by Crippen LogP contribution is -2.13. The number of thiophene rings is 1. The van der Waals surface area contributed by atoms with Gasteiger partial charge in [0.05, 0.1) is 20.5 Å². The fourth-order valence-electron chi connectivity index (χ4n) is 1.65. The molecule has 0 radical (unpaired) electrons. The highest BCUT2D eigenvalue weighted by molar-refractivity contribution is 9.11. The van der Waals surface area contributed by atoms with Crippen molar-refractivity contribution in [1.82, 2.24) is 0 Å². The monoisotopic (exact) mass is 394 g/mol. The molecule has 0 fully saturated rings. The van der Waals surface area contributed by atoms with E-state index in [-0.39, 0.29) is 10.6 Å². The Kier molecular flexibility index (Phi) is 4.30. The van der Waals surface area contributed by atoms with E-state index < -0.39 is 26.5 Å². The number of hydrogen-bond acceptors (Lipinski definition) is 5. The highest BCUT2D eigenvalue weighted by Crippen LogP contribution is 2.31. The first-order valence-electron chi connectivity index (χ1n) is 5.43. The summed E-state index contributed by atoms with van der Waals surface area (Å²) in [6, 6.07) is 3.96. The number of non-ortho nitro benzene ring substituents is 1. The largest absolute Gasteiger partial charge is 0.279 e. The van der Waals surface area contributed by atoms with Gasteiger partial charge in [0.15, 0.2) is 0 Å². The predicted molar refractivity (Wildman–Crippen MR) is 80.6 cm³/mol. The molecule has 112 valence electrons. The second-order valence-electron chi connectivity index (χ2n) is 4.03. The number of rotatable bonds is 4. The first-order valence-corrected chi connectivity index (χ1v) is 8.52. The van der Waals surface area contributed by atoms with Crippen LogP contribution in [0.1, 0.15) is 4.88 Å². The Morgan fingerprint density at radius 1 is 1.33 bits per heavy atom. The summed E-state index contributed by atoms with van der Waals surface area (Å²) in [7, 11) is -3.94. The van der Waals surface area contributed by atoms with Gasteiger partial charge < -0.3 is 0 Å². The number of hydrogen-bond donors (Lipinski definition) is 1. The molecule has 2 rings (SSSR count). The number of nitro groups is 1. The van der Waals surface area contributed by atoms with Crippen LogP contribution in [0.3, 0.4) is 0 Å². The maximum Gasteiger partial charge on any atom is 0.274 e. The van der Waals surface area contributed by atoms with Gasteiger partial charge in [-0.2, -0.15) is 0 Å². The van der Waals surface area contributed by atoms with E-state index >= 15 is 0 Å². The Bertz CT molecular complexity index is 820. The van der Waals surface area contributed by atoms with E-state index in [1.807, 2.05) is 0 Å². The van der Waals surface area contributed by atoms with E-state index in [2.05, 4.69) is 20.7 Å². The minimum atomic E-state index is -3.94. The average molecular weight is 395 g/mol. The van der Waals surface area contributed by atoms with E-state index in [1.54, 1.807) is 6.92 Å². The van der Waals surface area contributed by atoms with Crippen molar-refractivity contribution in [2.45, 2.75) is 11.8 Å². The van der Waals surface area contributed by atoms with Crippen LogP contribution in [0.25, 0.3) is 0 Å². The van der Waals surface area contributed by atoms with Crippen LogP contribution >= 0.6 is 27.3 Å². The van der Waals surface area contributed by atoms with Gasteiger partial charge in [0, 0.05) is 10.9 Å². The van der Waals surface area contributed by atoms with Crippen molar-refractivity contribution >= 4 is 48.7 Å². The molecule has 0 aliphatic rings. The van der Waals surface area contributed by atoms with Gasteiger partial charge in [0.1, 0.15) is 10.7 Å². The summed E-state index contributed by atoms with van der Waals surface area (Å²) < 4.78 is 40.5. The van der Waals surface area contributed by atoms with Crippen molar-refractivity contribution in [3.8, 4) is 0 Å². The van der Waals surface area contributed by atoms with E-state index in [9.17, 15) is 22.9 Å². The van der Waals surface area contributed by atoms with Crippen LogP contribution in [0, 0.1) is 22.9 Å². The number of nitro benzene ring substituents is 1. The van der Waals surface area contributed by atoms with Gasteiger partial charge in [-0.25, -0.2) is 12.8 Å². The Hall–Kier alpha value is -1.52. The van der Waals surface area contributed by atoms with Crippen LogP contribution < -0.4 is 4.72 Å².